The van der Waals surface area contributed by atoms with Gasteiger partial charge in [-0.2, -0.15) is 5.11 Å². The van der Waals surface area contributed by atoms with E-state index >= 15 is 0 Å². The van der Waals surface area contributed by atoms with Gasteiger partial charge < -0.3 is 5.84 Å². The molecule has 0 amide bonds. The largest absolute Gasteiger partial charge is 0.305 e. The zero-order valence-corrected chi connectivity index (χ0v) is 4.76. The quantitative estimate of drug-likeness (QED) is 0.314. The SMILES string of the molecule is CC(C)CN=NN. The Bertz CT molecular complexity index is 58.0. The lowest BCUT2D eigenvalue weighted by Gasteiger charge is -1.92. The van der Waals surface area contributed by atoms with Crippen molar-refractivity contribution >= 4 is 0 Å². The molecule has 0 heterocycles. The molecule has 0 aromatic heterocycles. The first-order valence-electron chi connectivity index (χ1n) is 2.34. The van der Waals surface area contributed by atoms with E-state index in [0.717, 1.165) is 6.54 Å². The van der Waals surface area contributed by atoms with Crippen LogP contribution in [0.4, 0.5) is 0 Å². The van der Waals surface area contributed by atoms with E-state index in [9.17, 15) is 0 Å². The third-order valence-corrected chi connectivity index (χ3v) is 0.528. The summed E-state index contributed by atoms with van der Waals surface area (Å²) in [7, 11) is 0. The predicted octanol–water partition coefficient (Wildman–Crippen LogP) is 0.968. The van der Waals surface area contributed by atoms with Crippen LogP contribution in [0.15, 0.2) is 10.3 Å². The van der Waals surface area contributed by atoms with E-state index in [1.165, 1.54) is 0 Å². The molecule has 0 fully saturated rings. The summed E-state index contributed by atoms with van der Waals surface area (Å²) in [5.41, 5.74) is 0. The van der Waals surface area contributed by atoms with Crippen LogP contribution in [-0.4, -0.2) is 6.54 Å². The summed E-state index contributed by atoms with van der Waals surface area (Å²) in [6.07, 6.45) is 0. The first-order chi connectivity index (χ1) is 3.27. The van der Waals surface area contributed by atoms with Crippen LogP contribution in [0.3, 0.4) is 0 Å². The zero-order chi connectivity index (χ0) is 5.70. The highest BCUT2D eigenvalue weighted by atomic mass is 15.3. The lowest BCUT2D eigenvalue weighted by molar-refractivity contribution is 0.639. The third-order valence-electron chi connectivity index (χ3n) is 0.528. The molecule has 0 aliphatic rings. The van der Waals surface area contributed by atoms with Crippen molar-refractivity contribution in [2.75, 3.05) is 6.54 Å². The van der Waals surface area contributed by atoms with Crippen LogP contribution >= 0.6 is 0 Å². The second-order valence-corrected chi connectivity index (χ2v) is 1.83. The topological polar surface area (TPSA) is 50.7 Å². The summed E-state index contributed by atoms with van der Waals surface area (Å²) in [6, 6.07) is 0. The van der Waals surface area contributed by atoms with Gasteiger partial charge in [0, 0.05) is 0 Å². The average Bonchev–Trinajstić information content (AvgIpc) is 1.61. The number of nitrogens with zero attached hydrogens (tertiary/aromatic N) is 2. The Labute approximate surface area is 43.6 Å². The summed E-state index contributed by atoms with van der Waals surface area (Å²) in [6.45, 7) is 4.86. The molecule has 3 nitrogen and oxygen atoms in total. The maximum absolute atomic E-state index is 4.74. The maximum Gasteiger partial charge on any atom is 0.0643 e. The van der Waals surface area contributed by atoms with Crippen LogP contribution in [0, 0.1) is 5.92 Å². The molecule has 0 aliphatic carbocycles. The van der Waals surface area contributed by atoms with Crippen LogP contribution in [0.1, 0.15) is 13.8 Å². The smallest absolute Gasteiger partial charge is 0.0643 e. The standard InChI is InChI=1S/C4H11N3/c1-4(2)3-6-7-5/h4H,3H2,1-2H3,(H2,5,6). The number of rotatable bonds is 2. The van der Waals surface area contributed by atoms with Gasteiger partial charge in [0.05, 0.1) is 6.54 Å². The van der Waals surface area contributed by atoms with Crippen LogP contribution in [0.25, 0.3) is 0 Å². The molecule has 0 saturated heterocycles. The Morgan fingerprint density at radius 3 is 2.29 bits per heavy atom. The molecule has 2 N–H and O–H groups in total. The summed E-state index contributed by atoms with van der Waals surface area (Å²) in [5.74, 6) is 5.30. The van der Waals surface area contributed by atoms with Gasteiger partial charge in [-0.15, -0.1) is 0 Å². The fourth-order valence-electron chi connectivity index (χ4n) is 0.210. The van der Waals surface area contributed by atoms with Crippen LogP contribution < -0.4 is 5.84 Å². The molecule has 42 valence electrons. The van der Waals surface area contributed by atoms with Crippen molar-refractivity contribution in [2.45, 2.75) is 13.8 Å². The molecule has 0 aromatic carbocycles. The lowest BCUT2D eigenvalue weighted by atomic mass is 10.2. The van der Waals surface area contributed by atoms with Crippen molar-refractivity contribution in [3.05, 3.63) is 0 Å². The Morgan fingerprint density at radius 2 is 2.14 bits per heavy atom. The summed E-state index contributed by atoms with van der Waals surface area (Å²) in [4.78, 5) is 0. The lowest BCUT2D eigenvalue weighted by Crippen LogP contribution is -1.91. The molecule has 0 spiro atoms. The van der Waals surface area contributed by atoms with Crippen molar-refractivity contribution in [1.29, 1.82) is 0 Å². The van der Waals surface area contributed by atoms with Gasteiger partial charge in [-0.1, -0.05) is 19.1 Å². The first-order valence-corrected chi connectivity index (χ1v) is 2.34. The van der Waals surface area contributed by atoms with Gasteiger partial charge in [-0.25, -0.2) is 0 Å². The highest BCUT2D eigenvalue weighted by molar-refractivity contribution is 4.42. The Hall–Kier alpha value is -0.600. The van der Waals surface area contributed by atoms with Crippen molar-refractivity contribution in [3.8, 4) is 0 Å². The van der Waals surface area contributed by atoms with Crippen LogP contribution in [-0.2, 0) is 0 Å². The molecule has 0 aliphatic heterocycles. The minimum atomic E-state index is 0.562. The normalized spacial score (nSPS) is 11.3. The van der Waals surface area contributed by atoms with Crippen molar-refractivity contribution in [3.63, 3.8) is 0 Å². The molecule has 0 aromatic rings. The van der Waals surface area contributed by atoms with E-state index in [1.807, 2.05) is 0 Å². The van der Waals surface area contributed by atoms with Gasteiger partial charge in [0.25, 0.3) is 0 Å². The van der Waals surface area contributed by atoms with Crippen LogP contribution in [0.2, 0.25) is 0 Å². The molecule has 0 saturated carbocycles. The van der Waals surface area contributed by atoms with E-state index in [-0.39, 0.29) is 0 Å². The summed E-state index contributed by atoms with van der Waals surface area (Å²) < 4.78 is 0. The number of hydrogen-bond acceptors (Lipinski definition) is 2. The van der Waals surface area contributed by atoms with Crippen LogP contribution in [0.5, 0.6) is 0 Å². The number of hydrogen-bond donors (Lipinski definition) is 1. The second kappa shape index (κ2) is 3.59. The van der Waals surface area contributed by atoms with Gasteiger partial charge in [-0.3, -0.25) is 0 Å². The van der Waals surface area contributed by atoms with E-state index < -0.39 is 0 Å². The van der Waals surface area contributed by atoms with E-state index in [4.69, 9.17) is 5.84 Å². The van der Waals surface area contributed by atoms with Gasteiger partial charge in [0.2, 0.25) is 0 Å². The Kier molecular flexibility index (Phi) is 3.28. The predicted molar refractivity (Wildman–Crippen MR) is 28.7 cm³/mol. The van der Waals surface area contributed by atoms with Gasteiger partial charge in [0.15, 0.2) is 0 Å². The van der Waals surface area contributed by atoms with Crippen molar-refractivity contribution < 1.29 is 0 Å². The molecule has 0 radical (unpaired) electrons. The van der Waals surface area contributed by atoms with E-state index in [1.54, 1.807) is 0 Å². The molecule has 0 atom stereocenters. The van der Waals surface area contributed by atoms with E-state index in [2.05, 4.69) is 24.2 Å². The summed E-state index contributed by atoms with van der Waals surface area (Å²) >= 11 is 0. The average molecular weight is 101 g/mol. The highest BCUT2D eigenvalue weighted by Gasteiger charge is 1.86. The number of nitrogens with two attached hydrogens (primary N) is 1. The van der Waals surface area contributed by atoms with E-state index in [0.29, 0.717) is 5.92 Å². The van der Waals surface area contributed by atoms with Gasteiger partial charge >= 0.3 is 0 Å². The molecule has 3 heteroatoms. The van der Waals surface area contributed by atoms with Gasteiger partial charge in [-0.05, 0) is 5.92 Å². The minimum absolute atomic E-state index is 0.562. The molecular weight excluding hydrogens is 90.1 g/mol. The Morgan fingerprint density at radius 1 is 1.57 bits per heavy atom. The Balaban J connectivity index is 2.97. The third kappa shape index (κ3) is 5.40. The van der Waals surface area contributed by atoms with Gasteiger partial charge in [0.1, 0.15) is 0 Å². The molecule has 7 heavy (non-hydrogen) atoms. The second-order valence-electron chi connectivity index (χ2n) is 1.83. The minimum Gasteiger partial charge on any atom is -0.305 e. The zero-order valence-electron chi connectivity index (χ0n) is 4.76. The fourth-order valence-corrected chi connectivity index (χ4v) is 0.210. The molecular formula is C4H11N3. The highest BCUT2D eigenvalue weighted by Crippen LogP contribution is 1.89. The van der Waals surface area contributed by atoms with Crippen molar-refractivity contribution in [2.24, 2.45) is 22.1 Å². The summed E-state index contributed by atoms with van der Waals surface area (Å²) in [5, 5.41) is 6.67. The van der Waals surface area contributed by atoms with Crippen molar-refractivity contribution in [1.82, 2.24) is 0 Å². The molecule has 0 bridgehead atoms. The molecule has 0 rings (SSSR count). The first kappa shape index (κ1) is 6.40. The maximum atomic E-state index is 4.74. The monoisotopic (exact) mass is 101 g/mol. The molecule has 0 unspecified atom stereocenters. The fraction of sp³-hybridized carbons (Fsp3) is 1.00.